The Morgan fingerprint density at radius 2 is 2.29 bits per heavy atom. The van der Waals surface area contributed by atoms with Gasteiger partial charge in [0.25, 0.3) is 0 Å². The summed E-state index contributed by atoms with van der Waals surface area (Å²) >= 11 is 0. The van der Waals surface area contributed by atoms with E-state index in [-0.39, 0.29) is 5.41 Å². The molecule has 2 aliphatic rings. The van der Waals surface area contributed by atoms with Crippen LogP contribution in [-0.4, -0.2) is 5.78 Å². The molecule has 0 amide bonds. The second-order valence-electron chi connectivity index (χ2n) is 5.14. The third kappa shape index (κ3) is 1.43. The van der Waals surface area contributed by atoms with E-state index in [1.165, 1.54) is 6.42 Å². The van der Waals surface area contributed by atoms with E-state index in [0.717, 1.165) is 25.7 Å². The minimum atomic E-state index is -0.00537. The molecule has 0 heterocycles. The van der Waals surface area contributed by atoms with Crippen LogP contribution in [-0.2, 0) is 4.79 Å². The quantitative estimate of drug-likeness (QED) is 0.624. The molecule has 0 aromatic heterocycles. The first-order chi connectivity index (χ1) is 6.66. The van der Waals surface area contributed by atoms with Crippen LogP contribution < -0.4 is 0 Å². The molecule has 3 atom stereocenters. The van der Waals surface area contributed by atoms with Gasteiger partial charge in [0.1, 0.15) is 5.78 Å². The molecule has 1 saturated carbocycles. The van der Waals surface area contributed by atoms with Gasteiger partial charge < -0.3 is 0 Å². The maximum Gasteiger partial charge on any atom is 0.139 e. The Kier molecular flexibility index (Phi) is 2.50. The van der Waals surface area contributed by atoms with Crippen molar-refractivity contribution >= 4 is 5.78 Å². The van der Waals surface area contributed by atoms with Crippen LogP contribution in [0.5, 0.6) is 0 Å². The van der Waals surface area contributed by atoms with Gasteiger partial charge >= 0.3 is 0 Å². The van der Waals surface area contributed by atoms with E-state index in [1.807, 2.05) is 0 Å². The van der Waals surface area contributed by atoms with E-state index in [4.69, 9.17) is 0 Å². The van der Waals surface area contributed by atoms with Crippen LogP contribution in [0.1, 0.15) is 46.0 Å². The van der Waals surface area contributed by atoms with Crippen molar-refractivity contribution in [2.45, 2.75) is 46.0 Å². The molecule has 0 aromatic carbocycles. The predicted octanol–water partition coefficient (Wildman–Crippen LogP) is 3.35. The average molecular weight is 192 g/mol. The third-order valence-corrected chi connectivity index (χ3v) is 4.07. The summed E-state index contributed by atoms with van der Waals surface area (Å²) in [7, 11) is 0. The summed E-state index contributed by atoms with van der Waals surface area (Å²) in [6.45, 7) is 4.33. The van der Waals surface area contributed by atoms with Crippen LogP contribution in [0.4, 0.5) is 0 Å². The van der Waals surface area contributed by atoms with Crippen LogP contribution in [0, 0.1) is 17.3 Å². The van der Waals surface area contributed by atoms with Gasteiger partial charge in [-0.05, 0) is 31.1 Å². The van der Waals surface area contributed by atoms with Gasteiger partial charge in [-0.3, -0.25) is 4.79 Å². The second-order valence-corrected chi connectivity index (χ2v) is 5.14. The van der Waals surface area contributed by atoms with Crippen molar-refractivity contribution in [2.24, 2.45) is 17.3 Å². The van der Waals surface area contributed by atoms with Crippen molar-refractivity contribution in [1.82, 2.24) is 0 Å². The van der Waals surface area contributed by atoms with Crippen LogP contribution in [0.15, 0.2) is 12.2 Å². The van der Waals surface area contributed by atoms with Crippen molar-refractivity contribution in [3.63, 3.8) is 0 Å². The van der Waals surface area contributed by atoms with Gasteiger partial charge in [-0.1, -0.05) is 32.4 Å². The minimum Gasteiger partial charge on any atom is -0.299 e. The summed E-state index contributed by atoms with van der Waals surface area (Å²) in [5, 5.41) is 0. The molecule has 2 aliphatic carbocycles. The van der Waals surface area contributed by atoms with E-state index in [9.17, 15) is 4.79 Å². The molecule has 1 fully saturated rings. The Balaban J connectivity index is 2.03. The smallest absolute Gasteiger partial charge is 0.139 e. The highest BCUT2D eigenvalue weighted by molar-refractivity contribution is 5.85. The molecule has 0 N–H and O–H groups in total. The van der Waals surface area contributed by atoms with Crippen LogP contribution in [0.2, 0.25) is 0 Å². The minimum absolute atomic E-state index is 0.00537. The van der Waals surface area contributed by atoms with Crippen LogP contribution in [0.3, 0.4) is 0 Å². The number of hydrogen-bond acceptors (Lipinski definition) is 1. The zero-order valence-electron chi connectivity index (χ0n) is 9.25. The molecule has 78 valence electrons. The predicted molar refractivity (Wildman–Crippen MR) is 58.0 cm³/mol. The van der Waals surface area contributed by atoms with Crippen LogP contribution >= 0.6 is 0 Å². The number of hydrogen-bond donors (Lipinski definition) is 0. The first-order valence-electron chi connectivity index (χ1n) is 5.88. The number of carbonyl (C=O) groups is 1. The summed E-state index contributed by atoms with van der Waals surface area (Å²) in [4.78, 5) is 12.1. The lowest BCUT2D eigenvalue weighted by molar-refractivity contribution is -0.129. The molecule has 0 radical (unpaired) electrons. The second kappa shape index (κ2) is 3.52. The van der Waals surface area contributed by atoms with Crippen molar-refractivity contribution in [3.05, 3.63) is 12.2 Å². The summed E-state index contributed by atoms with van der Waals surface area (Å²) in [5.74, 6) is 1.77. The Labute approximate surface area is 86.6 Å². The van der Waals surface area contributed by atoms with Gasteiger partial charge in [-0.2, -0.15) is 0 Å². The monoisotopic (exact) mass is 192 g/mol. The SMILES string of the molecule is CCCCC(=O)C1(C)C[C@H]2C=C[C@H]1C2. The molecule has 0 spiro atoms. The Morgan fingerprint density at radius 1 is 1.50 bits per heavy atom. The van der Waals surface area contributed by atoms with E-state index in [1.54, 1.807) is 0 Å². The summed E-state index contributed by atoms with van der Waals surface area (Å²) in [6.07, 6.45) is 9.91. The molecule has 14 heavy (non-hydrogen) atoms. The zero-order valence-corrected chi connectivity index (χ0v) is 9.25. The number of rotatable bonds is 4. The average Bonchev–Trinajstić information content (AvgIpc) is 2.73. The highest BCUT2D eigenvalue weighted by atomic mass is 16.1. The largest absolute Gasteiger partial charge is 0.299 e. The van der Waals surface area contributed by atoms with Gasteiger partial charge in [0.2, 0.25) is 0 Å². The van der Waals surface area contributed by atoms with Gasteiger partial charge in [0.05, 0.1) is 0 Å². The fourth-order valence-electron chi connectivity index (χ4n) is 3.04. The molecule has 1 nitrogen and oxygen atoms in total. The summed E-state index contributed by atoms with van der Waals surface area (Å²) in [6, 6.07) is 0. The lowest BCUT2D eigenvalue weighted by Gasteiger charge is -2.29. The molecule has 0 aromatic rings. The molecule has 1 unspecified atom stereocenters. The Bertz CT molecular complexity index is 266. The summed E-state index contributed by atoms with van der Waals surface area (Å²) < 4.78 is 0. The third-order valence-electron chi connectivity index (χ3n) is 4.07. The lowest BCUT2D eigenvalue weighted by atomic mass is 9.73. The normalized spacial score (nSPS) is 39.3. The first-order valence-corrected chi connectivity index (χ1v) is 5.88. The van der Waals surface area contributed by atoms with Crippen molar-refractivity contribution < 1.29 is 4.79 Å². The van der Waals surface area contributed by atoms with E-state index < -0.39 is 0 Å². The number of Topliss-reactive ketones (excluding diaryl/α,β-unsaturated/α-hetero) is 1. The maximum atomic E-state index is 12.1. The van der Waals surface area contributed by atoms with Gasteiger partial charge in [0.15, 0.2) is 0 Å². The Hall–Kier alpha value is -0.590. The fourth-order valence-corrected chi connectivity index (χ4v) is 3.04. The molecular weight excluding hydrogens is 172 g/mol. The molecular formula is C13H20O. The number of unbranched alkanes of at least 4 members (excludes halogenated alkanes) is 1. The van der Waals surface area contributed by atoms with Gasteiger partial charge in [-0.15, -0.1) is 0 Å². The molecule has 0 aliphatic heterocycles. The highest BCUT2D eigenvalue weighted by Gasteiger charge is 2.48. The Morgan fingerprint density at radius 3 is 2.79 bits per heavy atom. The highest BCUT2D eigenvalue weighted by Crippen LogP contribution is 2.52. The molecule has 0 saturated heterocycles. The maximum absolute atomic E-state index is 12.1. The zero-order chi connectivity index (χ0) is 10.2. The number of allylic oxidation sites excluding steroid dienone is 2. The molecule has 1 heteroatoms. The fraction of sp³-hybridized carbons (Fsp3) is 0.769. The van der Waals surface area contributed by atoms with Gasteiger partial charge in [-0.25, -0.2) is 0 Å². The molecule has 2 rings (SSSR count). The number of carbonyl (C=O) groups excluding carboxylic acids is 1. The van der Waals surface area contributed by atoms with Crippen molar-refractivity contribution in [1.29, 1.82) is 0 Å². The van der Waals surface area contributed by atoms with E-state index in [0.29, 0.717) is 17.6 Å². The standard InChI is InChI=1S/C13H20O/c1-3-4-5-12(14)13(2)9-10-6-7-11(13)8-10/h6-7,10-11H,3-5,8-9H2,1-2H3/t10-,11-,13?/m0/s1. The number of ketones is 1. The van der Waals surface area contributed by atoms with Gasteiger partial charge in [0, 0.05) is 11.8 Å². The topological polar surface area (TPSA) is 17.1 Å². The van der Waals surface area contributed by atoms with E-state index in [2.05, 4.69) is 26.0 Å². The lowest BCUT2D eigenvalue weighted by Crippen LogP contribution is -2.31. The van der Waals surface area contributed by atoms with Crippen molar-refractivity contribution in [3.8, 4) is 0 Å². The van der Waals surface area contributed by atoms with Crippen LogP contribution in [0.25, 0.3) is 0 Å². The summed E-state index contributed by atoms with van der Waals surface area (Å²) in [5.41, 5.74) is -0.00537. The number of fused-ring (bicyclic) bond motifs is 2. The van der Waals surface area contributed by atoms with Crippen molar-refractivity contribution in [2.75, 3.05) is 0 Å². The van der Waals surface area contributed by atoms with E-state index >= 15 is 0 Å². The first kappa shape index (κ1) is 9.95. The molecule has 2 bridgehead atoms.